The Labute approximate surface area is 140 Å². The van der Waals surface area contributed by atoms with E-state index in [4.69, 9.17) is 9.25 Å². The quantitative estimate of drug-likeness (QED) is 0.701. The van der Waals surface area contributed by atoms with E-state index in [1.807, 2.05) is 36.7 Å². The molecule has 0 N–H and O–H groups in total. The van der Waals surface area contributed by atoms with Gasteiger partial charge in [0.1, 0.15) is 5.69 Å². The van der Waals surface area contributed by atoms with Crippen LogP contribution in [0.3, 0.4) is 0 Å². The molecule has 0 bridgehead atoms. The van der Waals surface area contributed by atoms with Crippen LogP contribution >= 0.6 is 0 Å². The monoisotopic (exact) mass is 321 g/mol. The molecule has 2 aromatic heterocycles. The Kier molecular flexibility index (Phi) is 3.91. The largest absolute Gasteiger partial charge is 0.463 e. The molecule has 0 aliphatic carbocycles. The Morgan fingerprint density at radius 2 is 2.04 bits per heavy atom. The first-order chi connectivity index (χ1) is 11.8. The van der Waals surface area contributed by atoms with E-state index in [0.717, 1.165) is 41.3 Å². The summed E-state index contributed by atoms with van der Waals surface area (Å²) in [5.41, 5.74) is 4.07. The second-order valence-electron chi connectivity index (χ2n) is 5.88. The molecule has 122 valence electrons. The number of oxime groups is 1. The third kappa shape index (κ3) is 2.73. The number of benzene rings is 1. The topological polar surface area (TPSA) is 52.5 Å². The van der Waals surface area contributed by atoms with Gasteiger partial charge >= 0.3 is 0 Å². The number of rotatable bonds is 5. The molecule has 1 aromatic carbocycles. The molecule has 1 atom stereocenters. The summed E-state index contributed by atoms with van der Waals surface area (Å²) in [6.07, 6.45) is 5.39. The standard InChI is InChI=1S/C19H19N3O2/c1-2-15-11-16(24-21-15)12-22-13-20-18(14-7-4-3-5-8-14)19(22)17-9-6-10-23-17/h3-10,13,16H,2,11-12H2,1H3. The molecule has 5 nitrogen and oxygen atoms in total. The van der Waals surface area contributed by atoms with Gasteiger partial charge in [-0.25, -0.2) is 4.98 Å². The molecule has 24 heavy (non-hydrogen) atoms. The third-order valence-electron chi connectivity index (χ3n) is 4.24. The second-order valence-corrected chi connectivity index (χ2v) is 5.88. The minimum Gasteiger partial charge on any atom is -0.463 e. The van der Waals surface area contributed by atoms with Gasteiger partial charge in [0.15, 0.2) is 11.9 Å². The van der Waals surface area contributed by atoms with Gasteiger partial charge in [-0.15, -0.1) is 0 Å². The van der Waals surface area contributed by atoms with Crippen molar-refractivity contribution < 1.29 is 9.25 Å². The molecule has 3 aromatic rings. The van der Waals surface area contributed by atoms with Crippen molar-refractivity contribution in [1.82, 2.24) is 9.55 Å². The van der Waals surface area contributed by atoms with Crippen LogP contribution < -0.4 is 0 Å². The molecular weight excluding hydrogens is 302 g/mol. The van der Waals surface area contributed by atoms with Crippen LogP contribution in [0.25, 0.3) is 22.7 Å². The lowest BCUT2D eigenvalue weighted by Gasteiger charge is -2.12. The summed E-state index contributed by atoms with van der Waals surface area (Å²) >= 11 is 0. The fraction of sp³-hybridized carbons (Fsp3) is 0.263. The Morgan fingerprint density at radius 3 is 2.75 bits per heavy atom. The fourth-order valence-electron chi connectivity index (χ4n) is 3.01. The van der Waals surface area contributed by atoms with Crippen LogP contribution in [0.4, 0.5) is 0 Å². The summed E-state index contributed by atoms with van der Waals surface area (Å²) in [5.74, 6) is 0.806. The van der Waals surface area contributed by atoms with E-state index in [9.17, 15) is 0 Å². The maximum atomic E-state index is 5.66. The van der Waals surface area contributed by atoms with Gasteiger partial charge in [-0.3, -0.25) is 0 Å². The molecule has 3 heterocycles. The van der Waals surface area contributed by atoms with Crippen molar-refractivity contribution in [1.29, 1.82) is 0 Å². The number of hydrogen-bond acceptors (Lipinski definition) is 4. The number of hydrogen-bond donors (Lipinski definition) is 0. The lowest BCUT2D eigenvalue weighted by molar-refractivity contribution is 0.0727. The molecule has 0 fully saturated rings. The van der Waals surface area contributed by atoms with Crippen LogP contribution in [0.5, 0.6) is 0 Å². The molecule has 1 unspecified atom stereocenters. The third-order valence-corrected chi connectivity index (χ3v) is 4.24. The van der Waals surface area contributed by atoms with Crippen LogP contribution in [-0.2, 0) is 11.4 Å². The van der Waals surface area contributed by atoms with E-state index in [1.54, 1.807) is 6.26 Å². The van der Waals surface area contributed by atoms with E-state index in [1.165, 1.54) is 0 Å². The molecular formula is C19H19N3O2. The number of imidazole rings is 1. The van der Waals surface area contributed by atoms with Crippen molar-refractivity contribution in [3.63, 3.8) is 0 Å². The van der Waals surface area contributed by atoms with Gasteiger partial charge in [0.25, 0.3) is 0 Å². The molecule has 0 amide bonds. The van der Waals surface area contributed by atoms with Gasteiger partial charge in [-0.1, -0.05) is 42.4 Å². The maximum Gasteiger partial charge on any atom is 0.152 e. The SMILES string of the molecule is CCC1=NOC(Cn2cnc(-c3ccccc3)c2-c2ccco2)C1. The summed E-state index contributed by atoms with van der Waals surface area (Å²) in [4.78, 5) is 10.2. The summed E-state index contributed by atoms with van der Waals surface area (Å²) in [6.45, 7) is 2.80. The van der Waals surface area contributed by atoms with Gasteiger partial charge in [-0.05, 0) is 18.6 Å². The van der Waals surface area contributed by atoms with Crippen molar-refractivity contribution >= 4 is 5.71 Å². The molecule has 5 heteroatoms. The first-order valence-electron chi connectivity index (χ1n) is 8.21. The number of nitrogens with zero attached hydrogens (tertiary/aromatic N) is 3. The molecule has 0 saturated heterocycles. The van der Waals surface area contributed by atoms with Gasteiger partial charge in [0.05, 0.1) is 30.5 Å². The van der Waals surface area contributed by atoms with Crippen LogP contribution in [0.15, 0.2) is 64.6 Å². The fourth-order valence-corrected chi connectivity index (χ4v) is 3.01. The predicted octanol–water partition coefficient (Wildman–Crippen LogP) is 4.37. The van der Waals surface area contributed by atoms with Gasteiger partial charge in [0.2, 0.25) is 0 Å². The van der Waals surface area contributed by atoms with Crippen molar-refractivity contribution in [3.8, 4) is 22.7 Å². The highest BCUT2D eigenvalue weighted by molar-refractivity contribution is 5.85. The smallest absolute Gasteiger partial charge is 0.152 e. The Bertz CT molecular complexity index is 835. The zero-order valence-corrected chi connectivity index (χ0v) is 13.6. The maximum absolute atomic E-state index is 5.66. The highest BCUT2D eigenvalue weighted by Crippen LogP contribution is 2.32. The predicted molar refractivity (Wildman–Crippen MR) is 92.6 cm³/mol. The van der Waals surface area contributed by atoms with Crippen molar-refractivity contribution in [2.75, 3.05) is 0 Å². The van der Waals surface area contributed by atoms with Crippen LogP contribution in [0, 0.1) is 0 Å². The molecule has 0 saturated carbocycles. The molecule has 0 spiro atoms. The van der Waals surface area contributed by atoms with Gasteiger partial charge in [0, 0.05) is 12.0 Å². The summed E-state index contributed by atoms with van der Waals surface area (Å²) in [6, 6.07) is 14.0. The van der Waals surface area contributed by atoms with Crippen LogP contribution in [0.2, 0.25) is 0 Å². The normalized spacial score (nSPS) is 16.9. The van der Waals surface area contributed by atoms with Gasteiger partial charge in [-0.2, -0.15) is 0 Å². The molecule has 0 radical (unpaired) electrons. The zero-order chi connectivity index (χ0) is 16.4. The average Bonchev–Trinajstić information content (AvgIpc) is 3.36. The molecule has 1 aliphatic rings. The number of furan rings is 1. The summed E-state index contributed by atoms with van der Waals surface area (Å²) in [7, 11) is 0. The van der Waals surface area contributed by atoms with E-state index >= 15 is 0 Å². The Morgan fingerprint density at radius 1 is 1.17 bits per heavy atom. The second kappa shape index (κ2) is 6.35. The van der Waals surface area contributed by atoms with Crippen LogP contribution in [0.1, 0.15) is 19.8 Å². The number of aromatic nitrogens is 2. The average molecular weight is 321 g/mol. The van der Waals surface area contributed by atoms with E-state index in [0.29, 0.717) is 6.54 Å². The van der Waals surface area contributed by atoms with Crippen molar-refractivity contribution in [2.45, 2.75) is 32.4 Å². The van der Waals surface area contributed by atoms with Crippen LogP contribution in [-0.4, -0.2) is 21.4 Å². The molecule has 1 aliphatic heterocycles. The Balaban J connectivity index is 1.69. The minimum absolute atomic E-state index is 0.0477. The minimum atomic E-state index is 0.0477. The van der Waals surface area contributed by atoms with Crippen molar-refractivity contribution in [3.05, 3.63) is 55.1 Å². The lowest BCUT2D eigenvalue weighted by atomic mass is 10.1. The first-order valence-corrected chi connectivity index (χ1v) is 8.21. The molecule has 4 rings (SSSR count). The lowest BCUT2D eigenvalue weighted by Crippen LogP contribution is -2.16. The van der Waals surface area contributed by atoms with Gasteiger partial charge < -0.3 is 13.8 Å². The Hall–Kier alpha value is -2.82. The van der Waals surface area contributed by atoms with Crippen molar-refractivity contribution in [2.24, 2.45) is 5.16 Å². The highest BCUT2D eigenvalue weighted by atomic mass is 16.6. The summed E-state index contributed by atoms with van der Waals surface area (Å²) < 4.78 is 7.75. The zero-order valence-electron chi connectivity index (χ0n) is 13.6. The first kappa shape index (κ1) is 14.8. The van der Waals surface area contributed by atoms with E-state index < -0.39 is 0 Å². The summed E-state index contributed by atoms with van der Waals surface area (Å²) in [5, 5.41) is 4.15. The van der Waals surface area contributed by atoms with E-state index in [2.05, 4.69) is 33.8 Å². The van der Waals surface area contributed by atoms with E-state index in [-0.39, 0.29) is 6.10 Å². The highest BCUT2D eigenvalue weighted by Gasteiger charge is 2.24.